The first kappa shape index (κ1) is 19.8. The Morgan fingerprint density at radius 3 is 2.47 bits per heavy atom. The number of thiophene rings is 1. The lowest BCUT2D eigenvalue weighted by molar-refractivity contribution is -0.120. The first-order chi connectivity index (χ1) is 14.5. The van der Waals surface area contributed by atoms with Crippen LogP contribution in [-0.4, -0.2) is 18.4 Å². The van der Waals surface area contributed by atoms with Crippen molar-refractivity contribution in [1.82, 2.24) is 0 Å². The van der Waals surface area contributed by atoms with E-state index in [9.17, 15) is 18.4 Å². The Hall–Kier alpha value is -3.52. The number of nitrogens with zero attached hydrogens (tertiary/aromatic N) is 1. The van der Waals surface area contributed by atoms with Crippen molar-refractivity contribution in [2.45, 2.75) is 6.92 Å². The third-order valence-corrected chi connectivity index (χ3v) is 5.32. The molecular weight excluding hydrogens is 410 g/mol. The SMILES string of the molecule is CCOc1ccc(NC2=C(c3cccs3)C(=O)N(c3cc(F)ccc3F)C2=O)cc1. The normalized spacial score (nSPS) is 13.9. The van der Waals surface area contributed by atoms with Gasteiger partial charge in [-0.15, -0.1) is 11.3 Å². The quantitative estimate of drug-likeness (QED) is 0.574. The van der Waals surface area contributed by atoms with Gasteiger partial charge in [0, 0.05) is 16.6 Å². The van der Waals surface area contributed by atoms with E-state index in [0.717, 1.165) is 18.2 Å². The highest BCUT2D eigenvalue weighted by Crippen LogP contribution is 2.36. The number of hydrogen-bond acceptors (Lipinski definition) is 5. The molecule has 0 radical (unpaired) electrons. The fourth-order valence-electron chi connectivity index (χ4n) is 3.12. The molecule has 0 saturated carbocycles. The van der Waals surface area contributed by atoms with Gasteiger partial charge in [-0.25, -0.2) is 13.7 Å². The van der Waals surface area contributed by atoms with Gasteiger partial charge in [0.1, 0.15) is 23.1 Å². The average Bonchev–Trinajstić information content (AvgIpc) is 3.33. The molecule has 0 unspecified atom stereocenters. The van der Waals surface area contributed by atoms with Crippen LogP contribution in [0.2, 0.25) is 0 Å². The second-order valence-corrected chi connectivity index (χ2v) is 7.30. The Labute approximate surface area is 175 Å². The molecule has 1 aliphatic heterocycles. The van der Waals surface area contributed by atoms with E-state index in [2.05, 4.69) is 5.32 Å². The van der Waals surface area contributed by atoms with Gasteiger partial charge in [-0.05, 0) is 54.8 Å². The molecule has 2 aromatic carbocycles. The summed E-state index contributed by atoms with van der Waals surface area (Å²) in [5, 5.41) is 4.73. The molecule has 2 amide bonds. The zero-order valence-corrected chi connectivity index (χ0v) is 16.6. The largest absolute Gasteiger partial charge is 0.494 e. The van der Waals surface area contributed by atoms with Crippen LogP contribution in [-0.2, 0) is 9.59 Å². The van der Waals surface area contributed by atoms with E-state index in [4.69, 9.17) is 4.74 Å². The van der Waals surface area contributed by atoms with E-state index >= 15 is 0 Å². The summed E-state index contributed by atoms with van der Waals surface area (Å²) in [6.07, 6.45) is 0. The molecule has 4 rings (SSSR count). The standard InChI is InChI=1S/C22H16F2N2O3S/c1-2-29-15-8-6-14(7-9-15)25-20-19(18-4-3-11-30-18)21(27)26(22(20)28)17-12-13(23)5-10-16(17)24/h3-12,25H,2H2,1H3. The number of halogens is 2. The number of anilines is 2. The number of rotatable bonds is 6. The third kappa shape index (κ3) is 3.57. The fraction of sp³-hybridized carbons (Fsp3) is 0.0909. The van der Waals surface area contributed by atoms with Crippen molar-refractivity contribution < 1.29 is 23.1 Å². The summed E-state index contributed by atoms with van der Waals surface area (Å²) in [7, 11) is 0. The zero-order valence-electron chi connectivity index (χ0n) is 15.8. The van der Waals surface area contributed by atoms with E-state index in [1.54, 1.807) is 41.8 Å². The second kappa shape index (κ2) is 8.08. The maximum atomic E-state index is 14.3. The van der Waals surface area contributed by atoms with Gasteiger partial charge in [0.15, 0.2) is 0 Å². The number of hydrogen-bond donors (Lipinski definition) is 1. The summed E-state index contributed by atoms with van der Waals surface area (Å²) >= 11 is 1.27. The summed E-state index contributed by atoms with van der Waals surface area (Å²) in [6, 6.07) is 12.9. The van der Waals surface area contributed by atoms with Crippen molar-refractivity contribution in [3.8, 4) is 5.75 Å². The fourth-order valence-corrected chi connectivity index (χ4v) is 3.88. The molecule has 0 aliphatic carbocycles. The molecule has 0 saturated heterocycles. The predicted octanol–water partition coefficient (Wildman–Crippen LogP) is 4.82. The van der Waals surface area contributed by atoms with Crippen molar-refractivity contribution in [1.29, 1.82) is 0 Å². The minimum Gasteiger partial charge on any atom is -0.494 e. The van der Waals surface area contributed by atoms with Crippen LogP contribution in [0.4, 0.5) is 20.2 Å². The van der Waals surface area contributed by atoms with E-state index in [-0.39, 0.29) is 11.3 Å². The van der Waals surface area contributed by atoms with Crippen LogP contribution in [0.3, 0.4) is 0 Å². The summed E-state index contributed by atoms with van der Waals surface area (Å²) in [4.78, 5) is 27.5. The van der Waals surface area contributed by atoms with Gasteiger partial charge in [0.05, 0.1) is 17.9 Å². The highest BCUT2D eigenvalue weighted by Gasteiger charge is 2.41. The molecule has 0 bridgehead atoms. The molecule has 0 fully saturated rings. The maximum absolute atomic E-state index is 14.3. The molecule has 1 aromatic heterocycles. The van der Waals surface area contributed by atoms with Gasteiger partial charge in [0.2, 0.25) is 0 Å². The highest BCUT2D eigenvalue weighted by atomic mass is 32.1. The van der Waals surface area contributed by atoms with Crippen molar-refractivity contribution in [2.75, 3.05) is 16.8 Å². The maximum Gasteiger partial charge on any atom is 0.282 e. The van der Waals surface area contributed by atoms with Gasteiger partial charge >= 0.3 is 0 Å². The van der Waals surface area contributed by atoms with Crippen LogP contribution in [0.5, 0.6) is 5.75 Å². The number of carbonyl (C=O) groups excluding carboxylic acids is 2. The van der Waals surface area contributed by atoms with Crippen LogP contribution < -0.4 is 15.0 Å². The van der Waals surface area contributed by atoms with E-state index in [0.29, 0.717) is 27.8 Å². The van der Waals surface area contributed by atoms with Gasteiger partial charge in [-0.2, -0.15) is 0 Å². The van der Waals surface area contributed by atoms with E-state index in [1.807, 2.05) is 6.92 Å². The molecule has 3 aromatic rings. The average molecular weight is 426 g/mol. The van der Waals surface area contributed by atoms with Gasteiger partial charge in [0.25, 0.3) is 11.8 Å². The summed E-state index contributed by atoms with van der Waals surface area (Å²) in [5.74, 6) is -2.45. The number of carbonyl (C=O) groups is 2. The minimum atomic E-state index is -0.869. The summed E-state index contributed by atoms with van der Waals surface area (Å²) in [6.45, 7) is 2.38. The van der Waals surface area contributed by atoms with Crippen LogP contribution in [0.15, 0.2) is 65.7 Å². The lowest BCUT2D eigenvalue weighted by Gasteiger charge is -2.16. The topological polar surface area (TPSA) is 58.6 Å². The van der Waals surface area contributed by atoms with Crippen LogP contribution in [0.25, 0.3) is 5.57 Å². The molecule has 2 heterocycles. The molecule has 8 heteroatoms. The van der Waals surface area contributed by atoms with E-state index in [1.165, 1.54) is 11.3 Å². The molecule has 152 valence electrons. The van der Waals surface area contributed by atoms with Crippen molar-refractivity contribution >= 4 is 40.1 Å². The summed E-state index contributed by atoms with van der Waals surface area (Å²) in [5.41, 5.74) is 0.218. The number of imide groups is 1. The van der Waals surface area contributed by atoms with Crippen LogP contribution in [0, 0.1) is 11.6 Å². The van der Waals surface area contributed by atoms with Gasteiger partial charge in [-0.3, -0.25) is 9.59 Å². The van der Waals surface area contributed by atoms with Crippen molar-refractivity contribution in [3.05, 3.63) is 82.2 Å². The summed E-state index contributed by atoms with van der Waals surface area (Å²) < 4.78 is 33.5. The Kier molecular flexibility index (Phi) is 5.33. The number of benzene rings is 2. The Morgan fingerprint density at radius 2 is 1.80 bits per heavy atom. The van der Waals surface area contributed by atoms with Gasteiger partial charge < -0.3 is 10.1 Å². The molecule has 30 heavy (non-hydrogen) atoms. The first-order valence-corrected chi connectivity index (χ1v) is 9.99. The van der Waals surface area contributed by atoms with Crippen molar-refractivity contribution in [3.63, 3.8) is 0 Å². The Bertz CT molecular complexity index is 1140. The lowest BCUT2D eigenvalue weighted by Crippen LogP contribution is -2.33. The molecule has 0 spiro atoms. The minimum absolute atomic E-state index is 0.00438. The van der Waals surface area contributed by atoms with Crippen molar-refractivity contribution in [2.24, 2.45) is 0 Å². The Balaban J connectivity index is 1.75. The molecule has 1 aliphatic rings. The van der Waals surface area contributed by atoms with Crippen LogP contribution in [0.1, 0.15) is 11.8 Å². The van der Waals surface area contributed by atoms with Gasteiger partial charge in [-0.1, -0.05) is 6.07 Å². The Morgan fingerprint density at radius 1 is 1.03 bits per heavy atom. The molecular formula is C22H16F2N2O3S. The first-order valence-electron chi connectivity index (χ1n) is 9.11. The van der Waals surface area contributed by atoms with Crippen LogP contribution >= 0.6 is 11.3 Å². The highest BCUT2D eigenvalue weighted by molar-refractivity contribution is 7.11. The monoisotopic (exact) mass is 426 g/mol. The number of amides is 2. The second-order valence-electron chi connectivity index (χ2n) is 6.35. The predicted molar refractivity (Wildman–Crippen MR) is 111 cm³/mol. The molecule has 0 atom stereocenters. The molecule has 5 nitrogen and oxygen atoms in total. The smallest absolute Gasteiger partial charge is 0.282 e. The molecule has 1 N–H and O–H groups in total. The third-order valence-electron chi connectivity index (χ3n) is 4.44. The zero-order chi connectivity index (χ0) is 21.3. The van der Waals surface area contributed by atoms with E-state index < -0.39 is 29.1 Å². The lowest BCUT2D eigenvalue weighted by atomic mass is 10.2. The number of ether oxygens (including phenoxy) is 1. The number of nitrogens with one attached hydrogen (secondary N) is 1.